The number of hydrogen-bond donors (Lipinski definition) is 0. The predicted octanol–water partition coefficient (Wildman–Crippen LogP) is 5.18. The van der Waals surface area contributed by atoms with Crippen molar-refractivity contribution in [3.63, 3.8) is 0 Å². The summed E-state index contributed by atoms with van der Waals surface area (Å²) in [6, 6.07) is 0. The lowest BCUT2D eigenvalue weighted by molar-refractivity contribution is -0.195. The molecule has 3 nitrogen and oxygen atoms in total. The van der Waals surface area contributed by atoms with E-state index in [2.05, 4.69) is 11.8 Å². The molecule has 6 fully saturated rings. The summed E-state index contributed by atoms with van der Waals surface area (Å²) in [5, 5.41) is 0. The van der Waals surface area contributed by atoms with Gasteiger partial charge >= 0.3 is 0 Å². The van der Waals surface area contributed by atoms with Gasteiger partial charge in [0.25, 0.3) is 0 Å². The molecular weight excluding hydrogens is 346 g/mol. The van der Waals surface area contributed by atoms with Crippen molar-refractivity contribution in [3.05, 3.63) is 0 Å². The molecule has 5 saturated carbocycles. The Kier molecular flexibility index (Phi) is 3.83. The number of ketones is 1. The van der Waals surface area contributed by atoms with Crippen LogP contribution in [0.5, 0.6) is 0 Å². The van der Waals surface area contributed by atoms with Crippen molar-refractivity contribution >= 4 is 5.78 Å². The monoisotopic (exact) mass is 385 g/mol. The first-order valence-corrected chi connectivity index (χ1v) is 12.3. The summed E-state index contributed by atoms with van der Waals surface area (Å²) in [7, 11) is 1.99. The van der Waals surface area contributed by atoms with E-state index >= 15 is 0 Å². The smallest absolute Gasteiger partial charge is 0.139 e. The molecule has 6 rings (SSSR count). The summed E-state index contributed by atoms with van der Waals surface area (Å²) in [6.07, 6.45) is 16.8. The van der Waals surface area contributed by atoms with Gasteiger partial charge in [-0.2, -0.15) is 0 Å². The van der Waals surface area contributed by atoms with E-state index in [1.165, 1.54) is 90.1 Å². The minimum Gasteiger partial charge on any atom is -0.364 e. The molecule has 5 aliphatic carbocycles. The van der Waals surface area contributed by atoms with Gasteiger partial charge < -0.3 is 4.74 Å². The number of piperidine rings is 1. The third-order valence-electron chi connectivity index (χ3n) is 11.3. The van der Waals surface area contributed by atoms with Crippen LogP contribution in [0.2, 0.25) is 0 Å². The van der Waals surface area contributed by atoms with Gasteiger partial charge in [0.05, 0.1) is 0 Å². The molecule has 0 unspecified atom stereocenters. The van der Waals surface area contributed by atoms with E-state index in [0.29, 0.717) is 22.5 Å². The molecule has 1 saturated heterocycles. The molecule has 0 aromatic heterocycles. The molecule has 0 amide bonds. The first kappa shape index (κ1) is 18.4. The maximum absolute atomic E-state index is 12.7. The van der Waals surface area contributed by atoms with E-state index in [4.69, 9.17) is 4.74 Å². The first-order chi connectivity index (χ1) is 13.5. The molecule has 3 heteroatoms. The highest BCUT2D eigenvalue weighted by Crippen LogP contribution is 2.84. The number of Topliss-reactive ketones (excluding diaryl/α,β-unsaturated/α-hetero) is 1. The Labute approximate surface area is 170 Å². The van der Waals surface area contributed by atoms with Crippen LogP contribution >= 0.6 is 0 Å². The van der Waals surface area contributed by atoms with Gasteiger partial charge in [-0.1, -0.05) is 13.3 Å². The Morgan fingerprint density at radius 3 is 2.54 bits per heavy atom. The van der Waals surface area contributed by atoms with Crippen LogP contribution in [0.25, 0.3) is 0 Å². The molecule has 0 radical (unpaired) electrons. The molecule has 7 atom stereocenters. The first-order valence-electron chi connectivity index (χ1n) is 12.3. The highest BCUT2D eigenvalue weighted by atomic mass is 16.5. The van der Waals surface area contributed by atoms with Gasteiger partial charge in [0.15, 0.2) is 0 Å². The average molecular weight is 386 g/mol. The number of rotatable bonds is 2. The topological polar surface area (TPSA) is 29.5 Å². The van der Waals surface area contributed by atoms with Gasteiger partial charge in [-0.3, -0.25) is 9.69 Å². The summed E-state index contributed by atoms with van der Waals surface area (Å²) >= 11 is 0. The van der Waals surface area contributed by atoms with E-state index in [-0.39, 0.29) is 11.1 Å². The molecule has 0 aromatic carbocycles. The van der Waals surface area contributed by atoms with Crippen molar-refractivity contribution in [3.8, 4) is 0 Å². The highest BCUT2D eigenvalue weighted by molar-refractivity contribution is 5.87. The molecule has 156 valence electrons. The van der Waals surface area contributed by atoms with Gasteiger partial charge in [0, 0.05) is 32.0 Å². The summed E-state index contributed by atoms with van der Waals surface area (Å²) in [5.74, 6) is 3.03. The Balaban J connectivity index is 1.27. The molecular formula is C25H39NO2. The number of nitrogens with zero attached hydrogens (tertiary/aromatic N) is 1. The maximum atomic E-state index is 12.7. The van der Waals surface area contributed by atoms with Crippen molar-refractivity contribution in [2.24, 2.45) is 34.0 Å². The maximum Gasteiger partial charge on any atom is 0.139 e. The normalized spacial score (nSPS) is 55.8. The van der Waals surface area contributed by atoms with Gasteiger partial charge in [-0.15, -0.1) is 0 Å². The molecule has 28 heavy (non-hydrogen) atoms. The molecule has 1 heterocycles. The van der Waals surface area contributed by atoms with Crippen molar-refractivity contribution in [1.29, 1.82) is 0 Å². The van der Waals surface area contributed by atoms with Crippen LogP contribution in [0.1, 0.15) is 90.4 Å². The molecule has 0 bridgehead atoms. The van der Waals surface area contributed by atoms with Crippen LogP contribution in [-0.4, -0.2) is 36.6 Å². The third-order valence-corrected chi connectivity index (χ3v) is 11.3. The zero-order valence-electron chi connectivity index (χ0n) is 18.1. The van der Waals surface area contributed by atoms with Crippen LogP contribution < -0.4 is 0 Å². The number of hydrogen-bond acceptors (Lipinski definition) is 3. The summed E-state index contributed by atoms with van der Waals surface area (Å²) in [5.41, 5.74) is 1.24. The molecule has 0 spiro atoms. The largest absolute Gasteiger partial charge is 0.364 e. The summed E-state index contributed by atoms with van der Waals surface area (Å²) in [6.45, 7) is 4.81. The van der Waals surface area contributed by atoms with E-state index in [1.54, 1.807) is 0 Å². The average Bonchev–Trinajstić information content (AvgIpc) is 3.33. The second kappa shape index (κ2) is 5.84. The Hall–Kier alpha value is -0.410. The molecule has 1 aliphatic heterocycles. The Morgan fingerprint density at radius 1 is 0.929 bits per heavy atom. The summed E-state index contributed by atoms with van der Waals surface area (Å²) in [4.78, 5) is 15.4. The fourth-order valence-corrected chi connectivity index (χ4v) is 9.79. The Morgan fingerprint density at radius 2 is 1.75 bits per heavy atom. The number of carbonyl (C=O) groups is 1. The van der Waals surface area contributed by atoms with E-state index in [0.717, 1.165) is 18.3 Å². The zero-order valence-corrected chi connectivity index (χ0v) is 18.1. The number of carbonyl (C=O) groups excluding carboxylic acids is 1. The van der Waals surface area contributed by atoms with Gasteiger partial charge in [-0.25, -0.2) is 0 Å². The van der Waals surface area contributed by atoms with E-state index in [1.807, 2.05) is 7.11 Å². The fourth-order valence-electron chi connectivity index (χ4n) is 9.79. The van der Waals surface area contributed by atoms with E-state index in [9.17, 15) is 4.79 Å². The lowest BCUT2D eigenvalue weighted by atomic mass is 9.50. The van der Waals surface area contributed by atoms with Crippen LogP contribution in [0.15, 0.2) is 0 Å². The van der Waals surface area contributed by atoms with Gasteiger partial charge in [0.1, 0.15) is 11.5 Å². The number of ether oxygens (including phenoxy) is 1. The second-order valence-corrected chi connectivity index (χ2v) is 11.8. The minimum atomic E-state index is 0.0275. The Bertz CT molecular complexity index is 686. The van der Waals surface area contributed by atoms with Crippen LogP contribution in [-0.2, 0) is 9.53 Å². The highest BCUT2D eigenvalue weighted by Gasteiger charge is 2.77. The standard InChI is InChI=1S/C25H39NO2/c1-22-10-9-20-18(19(22)6-7-21(22)27)8-11-23-16-24(20,23)12-13-25(17-23,28-2)26-14-4-3-5-15-26/h18-20H,3-17H2,1-2H3/t18-,19-,20-,22-,23-,24-,25-/m0/s1. The van der Waals surface area contributed by atoms with Gasteiger partial charge in [-0.05, 0) is 99.2 Å². The van der Waals surface area contributed by atoms with Crippen molar-refractivity contribution < 1.29 is 9.53 Å². The number of fused-ring (bicyclic) bond motifs is 3. The SMILES string of the molecule is CO[C@@]1(N2CCCCC2)CC[C@@]23C[C@@]2(CC[C@@H]2[C@@H]3CC[C@]3(C)C(=O)CC[C@@H]23)C1. The molecule has 6 aliphatic rings. The van der Waals surface area contributed by atoms with Crippen LogP contribution in [0, 0.1) is 34.0 Å². The molecule has 0 N–H and O–H groups in total. The van der Waals surface area contributed by atoms with Crippen molar-refractivity contribution in [2.75, 3.05) is 20.2 Å². The van der Waals surface area contributed by atoms with Crippen LogP contribution in [0.4, 0.5) is 0 Å². The second-order valence-electron chi connectivity index (χ2n) is 11.8. The lowest BCUT2D eigenvalue weighted by Gasteiger charge is -2.58. The van der Waals surface area contributed by atoms with Gasteiger partial charge in [0.2, 0.25) is 0 Å². The van der Waals surface area contributed by atoms with E-state index < -0.39 is 0 Å². The fraction of sp³-hybridized carbons (Fsp3) is 0.960. The number of methoxy groups -OCH3 is 1. The van der Waals surface area contributed by atoms with Crippen LogP contribution in [0.3, 0.4) is 0 Å². The minimum absolute atomic E-state index is 0.0275. The predicted molar refractivity (Wildman–Crippen MR) is 110 cm³/mol. The lowest BCUT2D eigenvalue weighted by Crippen LogP contribution is -2.58. The third kappa shape index (κ3) is 2.11. The quantitative estimate of drug-likeness (QED) is 0.656. The summed E-state index contributed by atoms with van der Waals surface area (Å²) < 4.78 is 6.37. The molecule has 0 aromatic rings. The number of likely N-dealkylation sites (tertiary alicyclic amines) is 1. The van der Waals surface area contributed by atoms with Crippen molar-refractivity contribution in [1.82, 2.24) is 4.90 Å². The zero-order chi connectivity index (χ0) is 19.2. The van der Waals surface area contributed by atoms with Crippen molar-refractivity contribution in [2.45, 2.75) is 96.1 Å².